The number of nitrogens with zero attached hydrogens (tertiary/aromatic N) is 1. The number of nitrogens with two attached hydrogens (primary N) is 1. The SMILES string of the molecule is CCOCCOc1ccc(/C(N)=N/O)c(C(F)(F)F)c1. The van der Waals surface area contributed by atoms with Crippen LogP contribution in [0.2, 0.25) is 0 Å². The predicted molar refractivity (Wildman–Crippen MR) is 65.9 cm³/mol. The molecule has 0 aliphatic carbocycles. The molecule has 1 aromatic rings. The Labute approximate surface area is 113 Å². The molecule has 0 aromatic heterocycles. The number of hydrogen-bond donors (Lipinski definition) is 2. The van der Waals surface area contributed by atoms with Crippen molar-refractivity contribution in [3.63, 3.8) is 0 Å². The van der Waals surface area contributed by atoms with Gasteiger partial charge in [-0.25, -0.2) is 0 Å². The number of amidine groups is 1. The van der Waals surface area contributed by atoms with Crippen LogP contribution in [-0.2, 0) is 10.9 Å². The molecule has 1 aromatic carbocycles. The van der Waals surface area contributed by atoms with Crippen molar-refractivity contribution < 1.29 is 27.9 Å². The summed E-state index contributed by atoms with van der Waals surface area (Å²) >= 11 is 0. The summed E-state index contributed by atoms with van der Waals surface area (Å²) in [7, 11) is 0. The number of ether oxygens (including phenoxy) is 2. The second kappa shape index (κ2) is 6.99. The largest absolute Gasteiger partial charge is 0.491 e. The van der Waals surface area contributed by atoms with E-state index in [1.807, 2.05) is 0 Å². The maximum absolute atomic E-state index is 12.9. The Morgan fingerprint density at radius 1 is 1.35 bits per heavy atom. The Kier molecular flexibility index (Phi) is 5.63. The van der Waals surface area contributed by atoms with Crippen LogP contribution < -0.4 is 10.5 Å². The van der Waals surface area contributed by atoms with Crippen LogP contribution in [-0.4, -0.2) is 30.9 Å². The van der Waals surface area contributed by atoms with Gasteiger partial charge < -0.3 is 20.4 Å². The van der Waals surface area contributed by atoms with Crippen LogP contribution in [0.25, 0.3) is 0 Å². The first-order chi connectivity index (χ1) is 9.40. The quantitative estimate of drug-likeness (QED) is 0.277. The highest BCUT2D eigenvalue weighted by atomic mass is 19.4. The number of oxime groups is 1. The highest BCUT2D eigenvalue weighted by molar-refractivity contribution is 5.98. The summed E-state index contributed by atoms with van der Waals surface area (Å²) in [6, 6.07) is 3.21. The summed E-state index contributed by atoms with van der Waals surface area (Å²) < 4.78 is 48.8. The van der Waals surface area contributed by atoms with Crippen LogP contribution in [0.5, 0.6) is 5.75 Å². The van der Waals surface area contributed by atoms with E-state index in [1.165, 1.54) is 6.07 Å². The number of rotatable bonds is 6. The van der Waals surface area contributed by atoms with Gasteiger partial charge in [0.1, 0.15) is 12.4 Å². The molecule has 1 rings (SSSR count). The van der Waals surface area contributed by atoms with E-state index in [2.05, 4.69) is 5.16 Å². The summed E-state index contributed by atoms with van der Waals surface area (Å²) in [5.41, 5.74) is 3.79. The molecule has 0 bridgehead atoms. The zero-order valence-electron chi connectivity index (χ0n) is 10.8. The molecule has 0 unspecified atom stereocenters. The molecule has 3 N–H and O–H groups in total. The summed E-state index contributed by atoms with van der Waals surface area (Å²) in [6.45, 7) is 2.71. The van der Waals surface area contributed by atoms with E-state index < -0.39 is 23.1 Å². The van der Waals surface area contributed by atoms with Crippen LogP contribution >= 0.6 is 0 Å². The van der Waals surface area contributed by atoms with E-state index in [0.717, 1.165) is 12.1 Å². The van der Waals surface area contributed by atoms with E-state index in [4.69, 9.17) is 20.4 Å². The van der Waals surface area contributed by atoms with E-state index in [0.29, 0.717) is 6.61 Å². The normalized spacial score (nSPS) is 12.5. The summed E-state index contributed by atoms with van der Waals surface area (Å²) in [4.78, 5) is 0. The Balaban J connectivity index is 2.97. The van der Waals surface area contributed by atoms with E-state index in [1.54, 1.807) is 6.92 Å². The third-order valence-corrected chi connectivity index (χ3v) is 2.38. The summed E-state index contributed by atoms with van der Waals surface area (Å²) in [6.07, 6.45) is -4.63. The minimum atomic E-state index is -4.63. The molecule has 0 spiro atoms. The first-order valence-electron chi connectivity index (χ1n) is 5.79. The van der Waals surface area contributed by atoms with Crippen LogP contribution in [0.4, 0.5) is 13.2 Å². The number of benzene rings is 1. The van der Waals surface area contributed by atoms with E-state index >= 15 is 0 Å². The third kappa shape index (κ3) is 4.30. The van der Waals surface area contributed by atoms with Gasteiger partial charge in [-0.1, -0.05) is 5.16 Å². The molecular weight excluding hydrogens is 277 g/mol. The zero-order chi connectivity index (χ0) is 15.2. The van der Waals surface area contributed by atoms with Gasteiger partial charge in [-0.2, -0.15) is 13.2 Å². The molecule has 0 radical (unpaired) electrons. The smallest absolute Gasteiger partial charge is 0.417 e. The number of hydrogen-bond acceptors (Lipinski definition) is 4. The van der Waals surface area contributed by atoms with Gasteiger partial charge in [0.15, 0.2) is 5.84 Å². The first-order valence-corrected chi connectivity index (χ1v) is 5.79. The number of alkyl halides is 3. The number of halogens is 3. The molecule has 0 aliphatic heterocycles. The molecule has 0 amide bonds. The molecule has 112 valence electrons. The Morgan fingerprint density at radius 2 is 2.05 bits per heavy atom. The molecule has 0 aliphatic rings. The van der Waals surface area contributed by atoms with Gasteiger partial charge in [0.05, 0.1) is 12.2 Å². The monoisotopic (exact) mass is 292 g/mol. The fourth-order valence-corrected chi connectivity index (χ4v) is 1.49. The fourth-order valence-electron chi connectivity index (χ4n) is 1.49. The standard InChI is InChI=1S/C12H15F3N2O3/c1-2-19-5-6-20-8-3-4-9(11(16)17-18)10(7-8)12(13,14)15/h3-4,7,18H,2,5-6H2,1H3,(H2,16,17). The third-order valence-electron chi connectivity index (χ3n) is 2.38. The molecule has 0 saturated heterocycles. The molecule has 0 saturated carbocycles. The average molecular weight is 292 g/mol. The van der Waals surface area contributed by atoms with E-state index in [-0.39, 0.29) is 19.0 Å². The van der Waals surface area contributed by atoms with Crippen molar-refractivity contribution >= 4 is 5.84 Å². The Morgan fingerprint density at radius 3 is 2.60 bits per heavy atom. The lowest BCUT2D eigenvalue weighted by atomic mass is 10.1. The van der Waals surface area contributed by atoms with Crippen molar-refractivity contribution in [1.82, 2.24) is 0 Å². The van der Waals surface area contributed by atoms with E-state index in [9.17, 15) is 13.2 Å². The first kappa shape index (κ1) is 16.1. The van der Waals surface area contributed by atoms with Gasteiger partial charge in [0, 0.05) is 12.2 Å². The van der Waals surface area contributed by atoms with Gasteiger partial charge in [-0.05, 0) is 25.1 Å². The lowest BCUT2D eigenvalue weighted by molar-refractivity contribution is -0.137. The Bertz CT molecular complexity index is 476. The molecular formula is C12H15F3N2O3. The molecule has 8 heteroatoms. The zero-order valence-corrected chi connectivity index (χ0v) is 10.8. The van der Waals surface area contributed by atoms with Gasteiger partial charge >= 0.3 is 6.18 Å². The van der Waals surface area contributed by atoms with Gasteiger partial charge in [-0.3, -0.25) is 0 Å². The van der Waals surface area contributed by atoms with Gasteiger partial charge in [0.2, 0.25) is 0 Å². The minimum absolute atomic E-state index is 0.0338. The molecule has 0 heterocycles. The highest BCUT2D eigenvalue weighted by Crippen LogP contribution is 2.34. The lowest BCUT2D eigenvalue weighted by Gasteiger charge is -2.14. The van der Waals surface area contributed by atoms with Crippen molar-refractivity contribution in [2.24, 2.45) is 10.9 Å². The summed E-state index contributed by atoms with van der Waals surface area (Å²) in [5, 5.41) is 11.1. The highest BCUT2D eigenvalue weighted by Gasteiger charge is 2.35. The fraction of sp³-hybridized carbons (Fsp3) is 0.417. The van der Waals surface area contributed by atoms with Gasteiger partial charge in [0.25, 0.3) is 0 Å². The van der Waals surface area contributed by atoms with Gasteiger partial charge in [-0.15, -0.1) is 0 Å². The predicted octanol–water partition coefficient (Wildman–Crippen LogP) is 2.22. The lowest BCUT2D eigenvalue weighted by Crippen LogP contribution is -2.20. The van der Waals surface area contributed by atoms with Crippen molar-refractivity contribution in [2.45, 2.75) is 13.1 Å². The van der Waals surface area contributed by atoms with Crippen molar-refractivity contribution in [2.75, 3.05) is 19.8 Å². The van der Waals surface area contributed by atoms with Crippen molar-refractivity contribution in [1.29, 1.82) is 0 Å². The maximum Gasteiger partial charge on any atom is 0.417 e. The average Bonchev–Trinajstić information content (AvgIpc) is 2.41. The van der Waals surface area contributed by atoms with Crippen molar-refractivity contribution in [3.8, 4) is 5.75 Å². The van der Waals surface area contributed by atoms with Crippen LogP contribution in [0.1, 0.15) is 18.1 Å². The second-order valence-electron chi connectivity index (χ2n) is 3.74. The minimum Gasteiger partial charge on any atom is -0.491 e. The van der Waals surface area contributed by atoms with Crippen LogP contribution in [0.15, 0.2) is 23.4 Å². The van der Waals surface area contributed by atoms with Crippen LogP contribution in [0.3, 0.4) is 0 Å². The summed E-state index contributed by atoms with van der Waals surface area (Å²) in [5.74, 6) is -0.579. The van der Waals surface area contributed by atoms with Crippen molar-refractivity contribution in [3.05, 3.63) is 29.3 Å². The maximum atomic E-state index is 12.9. The molecule has 5 nitrogen and oxygen atoms in total. The molecule has 0 fully saturated rings. The second-order valence-corrected chi connectivity index (χ2v) is 3.74. The van der Waals surface area contributed by atoms with Crippen LogP contribution in [0, 0.1) is 0 Å². The topological polar surface area (TPSA) is 77.1 Å². The Hall–Kier alpha value is -1.96. The molecule has 0 atom stereocenters. The molecule has 20 heavy (non-hydrogen) atoms.